The molecule has 1 radical (unpaired) electrons. The van der Waals surface area contributed by atoms with Crippen LogP contribution in [0.25, 0.3) is 0 Å². The van der Waals surface area contributed by atoms with Gasteiger partial charge in [-0.05, 0) is 12.3 Å². The zero-order chi connectivity index (χ0) is 7.15. The van der Waals surface area contributed by atoms with Gasteiger partial charge in [0.05, 0.1) is 0 Å². The molecule has 0 saturated heterocycles. The Labute approximate surface area is 79.1 Å². The summed E-state index contributed by atoms with van der Waals surface area (Å²) in [5, 5.41) is 33.3. The molecule has 0 aliphatic rings. The van der Waals surface area contributed by atoms with Crippen molar-refractivity contribution in [3.05, 3.63) is 0 Å². The van der Waals surface area contributed by atoms with Crippen LogP contribution in [-0.2, 0) is 36.5 Å². The van der Waals surface area contributed by atoms with Gasteiger partial charge in [-0.1, -0.05) is 0 Å². The zero-order valence-corrected chi connectivity index (χ0v) is 8.68. The predicted molar refractivity (Wildman–Crippen MR) is 10.8 cm³/mol. The maximum Gasteiger partial charge on any atom is 2.00 e. The van der Waals surface area contributed by atoms with Gasteiger partial charge in [0.25, 0.3) is 0 Å². The first-order valence-corrected chi connectivity index (χ1v) is 1.22. The normalized spacial score (nSPS) is 4.80. The van der Waals surface area contributed by atoms with Crippen molar-refractivity contribution in [2.45, 2.75) is 0 Å². The van der Waals surface area contributed by atoms with Crippen LogP contribution in [0.4, 0.5) is 9.59 Å². The predicted octanol–water partition coefficient (Wildman–Crippen LogP) is -4.90. The number of carboxylic acid groups (broad SMARTS) is 4. The van der Waals surface area contributed by atoms with Gasteiger partial charge in [-0.2, -0.15) is 0 Å². The molecule has 0 saturated carbocycles. The zero-order valence-electron chi connectivity index (χ0n) is 4.53. The SMILES string of the molecule is O=C([O-])[O-].O=C([O-])[O-].[Mn+2].[Zn+2]. The summed E-state index contributed by atoms with van der Waals surface area (Å²) in [7, 11) is 0. The van der Waals surface area contributed by atoms with Gasteiger partial charge >= 0.3 is 36.5 Å². The smallest absolute Gasteiger partial charge is 0.652 e. The van der Waals surface area contributed by atoms with E-state index in [1.165, 1.54) is 0 Å². The molecule has 0 aromatic rings. The number of rotatable bonds is 0. The Morgan fingerprint density at radius 2 is 0.800 bits per heavy atom. The van der Waals surface area contributed by atoms with Gasteiger partial charge in [0, 0.05) is 0 Å². The van der Waals surface area contributed by atoms with E-state index in [0.29, 0.717) is 0 Å². The van der Waals surface area contributed by atoms with E-state index in [-0.39, 0.29) is 36.5 Å². The molecule has 0 N–H and O–H groups in total. The fraction of sp³-hybridized carbons (Fsp3) is 0. The summed E-state index contributed by atoms with van der Waals surface area (Å²) in [5.74, 6) is 0. The minimum absolute atomic E-state index is 0. The van der Waals surface area contributed by atoms with E-state index >= 15 is 0 Å². The van der Waals surface area contributed by atoms with Crippen LogP contribution < -0.4 is 20.4 Å². The first-order chi connectivity index (χ1) is 3.46. The van der Waals surface area contributed by atoms with Crippen LogP contribution in [0.5, 0.6) is 0 Å². The topological polar surface area (TPSA) is 126 Å². The van der Waals surface area contributed by atoms with Crippen LogP contribution in [0.1, 0.15) is 0 Å². The number of hydrogen-bond acceptors (Lipinski definition) is 6. The van der Waals surface area contributed by atoms with Gasteiger partial charge in [-0.15, -0.1) is 0 Å². The second-order valence-electron chi connectivity index (χ2n) is 0.500. The molecule has 0 atom stereocenters. The fourth-order valence-electron chi connectivity index (χ4n) is 0. The third-order valence-electron chi connectivity index (χ3n) is 0. The number of carbonyl (C=O) groups is 2. The maximum absolute atomic E-state index is 8.33. The second kappa shape index (κ2) is 15.9. The van der Waals surface area contributed by atoms with E-state index in [9.17, 15) is 0 Å². The van der Waals surface area contributed by atoms with Crippen LogP contribution in [0, 0.1) is 0 Å². The van der Waals surface area contributed by atoms with Gasteiger partial charge in [-0.25, -0.2) is 0 Å². The van der Waals surface area contributed by atoms with Crippen molar-refractivity contribution in [3.63, 3.8) is 0 Å². The Morgan fingerprint density at radius 3 is 0.800 bits per heavy atom. The Kier molecular flexibility index (Phi) is 35.9. The first-order valence-electron chi connectivity index (χ1n) is 1.22. The minimum atomic E-state index is -2.33. The summed E-state index contributed by atoms with van der Waals surface area (Å²) in [6.45, 7) is 0. The second-order valence-corrected chi connectivity index (χ2v) is 0.500. The molecular formula is C2MnO6Zn. The van der Waals surface area contributed by atoms with Crippen molar-refractivity contribution in [2.24, 2.45) is 0 Å². The first kappa shape index (κ1) is 22.6. The molecule has 53 valence electrons. The van der Waals surface area contributed by atoms with Crippen molar-refractivity contribution in [1.29, 1.82) is 0 Å². The molecule has 0 bridgehead atoms. The number of hydrogen-bond donors (Lipinski definition) is 0. The molecule has 6 nitrogen and oxygen atoms in total. The molecule has 10 heavy (non-hydrogen) atoms. The van der Waals surface area contributed by atoms with Crippen LogP contribution in [0.3, 0.4) is 0 Å². The summed E-state index contributed by atoms with van der Waals surface area (Å²) >= 11 is 0. The van der Waals surface area contributed by atoms with Crippen LogP contribution in [-0.4, -0.2) is 12.3 Å². The summed E-state index contributed by atoms with van der Waals surface area (Å²) in [5.41, 5.74) is 0. The third kappa shape index (κ3) is 3410. The quantitative estimate of drug-likeness (QED) is 0.391. The third-order valence-corrected chi connectivity index (χ3v) is 0. The summed E-state index contributed by atoms with van der Waals surface area (Å²) in [6.07, 6.45) is -4.67. The summed E-state index contributed by atoms with van der Waals surface area (Å²) in [4.78, 5) is 16.7. The molecule has 8 heteroatoms. The van der Waals surface area contributed by atoms with Crippen LogP contribution in [0.2, 0.25) is 0 Å². The summed E-state index contributed by atoms with van der Waals surface area (Å²) < 4.78 is 0. The standard InChI is InChI=1S/2CH2O3.Mn.Zn/c2*2-1(3)4;;/h2*(H2,2,3,4);;/q;;2*+2/p-4. The molecule has 0 heterocycles. The van der Waals surface area contributed by atoms with E-state index in [4.69, 9.17) is 30.0 Å². The fourth-order valence-corrected chi connectivity index (χ4v) is 0. The molecule has 0 aliphatic carbocycles. The largest absolute Gasteiger partial charge is 2.00 e. The van der Waals surface area contributed by atoms with Gasteiger partial charge < -0.3 is 30.0 Å². The molecule has 0 aliphatic heterocycles. The van der Waals surface area contributed by atoms with Gasteiger partial charge in [0.1, 0.15) is 0 Å². The molecule has 0 spiro atoms. The molecule has 0 unspecified atom stereocenters. The monoisotopic (exact) mass is 239 g/mol. The average molecular weight is 240 g/mol. The van der Waals surface area contributed by atoms with Crippen molar-refractivity contribution >= 4 is 12.3 Å². The number of carbonyl (C=O) groups excluding carboxylic acids is 2. The van der Waals surface area contributed by atoms with E-state index in [1.54, 1.807) is 0 Å². The van der Waals surface area contributed by atoms with E-state index in [0.717, 1.165) is 0 Å². The van der Waals surface area contributed by atoms with E-state index < -0.39 is 12.3 Å². The Balaban J connectivity index is -0.0000000300. The Morgan fingerprint density at radius 1 is 0.800 bits per heavy atom. The van der Waals surface area contributed by atoms with Crippen LogP contribution in [0.15, 0.2) is 0 Å². The molecule has 0 amide bonds. The van der Waals surface area contributed by atoms with Crippen molar-refractivity contribution in [3.8, 4) is 0 Å². The average Bonchev–Trinajstić information content (AvgIpc) is 1.25. The summed E-state index contributed by atoms with van der Waals surface area (Å²) in [6, 6.07) is 0. The van der Waals surface area contributed by atoms with Crippen molar-refractivity contribution < 1.29 is 66.6 Å². The molecule has 0 fully saturated rings. The minimum Gasteiger partial charge on any atom is -0.652 e. The molecule has 0 aromatic heterocycles. The molecule has 0 aromatic carbocycles. The van der Waals surface area contributed by atoms with Gasteiger partial charge in [0.2, 0.25) is 0 Å². The molecular weight excluding hydrogens is 240 g/mol. The van der Waals surface area contributed by atoms with Crippen LogP contribution >= 0.6 is 0 Å². The van der Waals surface area contributed by atoms with Crippen molar-refractivity contribution in [2.75, 3.05) is 0 Å². The Hall–Kier alpha value is -0.317. The van der Waals surface area contributed by atoms with Gasteiger partial charge in [0.15, 0.2) is 0 Å². The van der Waals surface area contributed by atoms with E-state index in [2.05, 4.69) is 0 Å². The molecule has 0 rings (SSSR count). The van der Waals surface area contributed by atoms with Crippen molar-refractivity contribution in [1.82, 2.24) is 0 Å². The van der Waals surface area contributed by atoms with E-state index in [1.807, 2.05) is 0 Å². The Bertz CT molecular complexity index is 73.7. The maximum atomic E-state index is 8.33. The van der Waals surface area contributed by atoms with Gasteiger partial charge in [-0.3, -0.25) is 0 Å².